The Balaban J connectivity index is 2.08. The number of aryl methyl sites for hydroxylation is 1. The fraction of sp³-hybridized carbons (Fsp3) is 0.684. The second kappa shape index (κ2) is 7.40. The van der Waals surface area contributed by atoms with E-state index in [4.69, 9.17) is 0 Å². The zero-order valence-electron chi connectivity index (χ0n) is 13.8. The van der Waals surface area contributed by atoms with Gasteiger partial charge in [0.05, 0.1) is 0 Å². The molecule has 118 valence electrons. The monoisotopic (exact) mass is 291 g/mol. The van der Waals surface area contributed by atoms with Crippen LogP contribution in [0.3, 0.4) is 0 Å². The Bertz CT molecular complexity index is 447. The van der Waals surface area contributed by atoms with Gasteiger partial charge in [0.15, 0.2) is 0 Å². The van der Waals surface area contributed by atoms with Gasteiger partial charge in [0.2, 0.25) is 0 Å². The molecule has 0 aromatic heterocycles. The van der Waals surface area contributed by atoms with E-state index in [1.54, 1.807) is 12.1 Å². The molecule has 0 saturated heterocycles. The Kier molecular flexibility index (Phi) is 5.80. The smallest absolute Gasteiger partial charge is 0.123 e. The summed E-state index contributed by atoms with van der Waals surface area (Å²) >= 11 is 0. The third-order valence-electron chi connectivity index (χ3n) is 4.84. The van der Waals surface area contributed by atoms with Gasteiger partial charge >= 0.3 is 0 Å². The van der Waals surface area contributed by atoms with Gasteiger partial charge in [0.25, 0.3) is 0 Å². The summed E-state index contributed by atoms with van der Waals surface area (Å²) in [6.45, 7) is 8.73. The molecule has 21 heavy (non-hydrogen) atoms. The Morgan fingerprint density at radius 2 is 1.90 bits per heavy atom. The topological polar surface area (TPSA) is 12.0 Å². The standard InChI is InChI=1S/C19H30FN/c1-15(2)13-21-14-19(9-5-4-6-10-19)12-17-7-8-18(20)11-16(17)3/h7-8,11,15,21H,4-6,9-10,12-14H2,1-3H3. The van der Waals surface area contributed by atoms with E-state index in [0.29, 0.717) is 11.3 Å². The normalized spacial score (nSPS) is 18.1. The number of hydrogen-bond acceptors (Lipinski definition) is 1. The number of halogens is 1. The molecule has 0 unspecified atom stereocenters. The molecule has 1 saturated carbocycles. The summed E-state index contributed by atoms with van der Waals surface area (Å²) in [6, 6.07) is 5.28. The SMILES string of the molecule is Cc1cc(F)ccc1CC1(CNCC(C)C)CCCCC1. The first kappa shape index (κ1) is 16.5. The summed E-state index contributed by atoms with van der Waals surface area (Å²) in [5.74, 6) is 0.574. The van der Waals surface area contributed by atoms with Gasteiger partial charge in [-0.15, -0.1) is 0 Å². The van der Waals surface area contributed by atoms with E-state index in [0.717, 1.165) is 25.1 Å². The second-order valence-corrected chi connectivity index (χ2v) is 7.33. The molecular formula is C19H30FN. The molecule has 2 heteroatoms. The van der Waals surface area contributed by atoms with Crippen molar-refractivity contribution in [1.82, 2.24) is 5.32 Å². The maximum Gasteiger partial charge on any atom is 0.123 e. The van der Waals surface area contributed by atoms with Gasteiger partial charge in [0.1, 0.15) is 5.82 Å². The minimum absolute atomic E-state index is 0.119. The minimum Gasteiger partial charge on any atom is -0.316 e. The molecule has 0 radical (unpaired) electrons. The highest BCUT2D eigenvalue weighted by atomic mass is 19.1. The van der Waals surface area contributed by atoms with Crippen molar-refractivity contribution in [2.24, 2.45) is 11.3 Å². The quantitative estimate of drug-likeness (QED) is 0.788. The first-order valence-electron chi connectivity index (χ1n) is 8.46. The molecule has 1 nitrogen and oxygen atoms in total. The average molecular weight is 291 g/mol. The Hall–Kier alpha value is -0.890. The number of benzene rings is 1. The molecule has 0 bridgehead atoms. The van der Waals surface area contributed by atoms with E-state index in [2.05, 4.69) is 19.2 Å². The number of nitrogens with one attached hydrogen (secondary N) is 1. The molecule has 0 atom stereocenters. The Morgan fingerprint density at radius 3 is 2.52 bits per heavy atom. The van der Waals surface area contributed by atoms with Crippen LogP contribution in [0.1, 0.15) is 57.1 Å². The first-order chi connectivity index (χ1) is 10.0. The number of hydrogen-bond donors (Lipinski definition) is 1. The van der Waals surface area contributed by atoms with Crippen molar-refractivity contribution in [2.75, 3.05) is 13.1 Å². The molecule has 1 aliphatic carbocycles. The first-order valence-corrected chi connectivity index (χ1v) is 8.46. The molecule has 1 aliphatic rings. The van der Waals surface area contributed by atoms with E-state index in [-0.39, 0.29) is 5.82 Å². The third-order valence-corrected chi connectivity index (χ3v) is 4.84. The highest BCUT2D eigenvalue weighted by Gasteiger charge is 2.32. The van der Waals surface area contributed by atoms with Gasteiger partial charge in [-0.1, -0.05) is 39.2 Å². The number of rotatable bonds is 6. The van der Waals surface area contributed by atoms with Crippen molar-refractivity contribution in [3.63, 3.8) is 0 Å². The molecule has 1 aromatic rings. The van der Waals surface area contributed by atoms with Crippen molar-refractivity contribution in [1.29, 1.82) is 0 Å². The van der Waals surface area contributed by atoms with Crippen LogP contribution in [0.4, 0.5) is 4.39 Å². The van der Waals surface area contributed by atoms with Crippen molar-refractivity contribution >= 4 is 0 Å². The fourth-order valence-corrected chi connectivity index (χ4v) is 3.61. The van der Waals surface area contributed by atoms with Crippen LogP contribution < -0.4 is 5.32 Å². The molecule has 0 amide bonds. The lowest BCUT2D eigenvalue weighted by Gasteiger charge is -2.38. The van der Waals surface area contributed by atoms with E-state index < -0.39 is 0 Å². The molecular weight excluding hydrogens is 261 g/mol. The fourth-order valence-electron chi connectivity index (χ4n) is 3.61. The van der Waals surface area contributed by atoms with Crippen molar-refractivity contribution in [2.45, 2.75) is 59.3 Å². The Labute approximate surface area is 129 Å². The van der Waals surface area contributed by atoms with Gasteiger partial charge in [-0.05, 0) is 67.3 Å². The van der Waals surface area contributed by atoms with Gasteiger partial charge in [-0.25, -0.2) is 4.39 Å². The zero-order valence-corrected chi connectivity index (χ0v) is 13.8. The third kappa shape index (κ3) is 4.81. The summed E-state index contributed by atoms with van der Waals surface area (Å²) < 4.78 is 13.3. The van der Waals surface area contributed by atoms with E-state index in [9.17, 15) is 4.39 Å². The maximum atomic E-state index is 13.3. The summed E-state index contributed by atoms with van der Waals surface area (Å²) in [7, 11) is 0. The zero-order chi connectivity index (χ0) is 15.3. The van der Waals surface area contributed by atoms with Crippen LogP contribution >= 0.6 is 0 Å². The largest absolute Gasteiger partial charge is 0.316 e. The lowest BCUT2D eigenvalue weighted by molar-refractivity contribution is 0.178. The predicted molar refractivity (Wildman–Crippen MR) is 88.1 cm³/mol. The molecule has 0 heterocycles. The van der Waals surface area contributed by atoms with Crippen molar-refractivity contribution < 1.29 is 4.39 Å². The second-order valence-electron chi connectivity index (χ2n) is 7.33. The van der Waals surface area contributed by atoms with E-state index >= 15 is 0 Å². The molecule has 0 spiro atoms. The summed E-state index contributed by atoms with van der Waals surface area (Å²) in [6.07, 6.45) is 7.73. The lowest BCUT2D eigenvalue weighted by atomic mass is 9.70. The van der Waals surface area contributed by atoms with Crippen molar-refractivity contribution in [3.05, 3.63) is 35.1 Å². The van der Waals surface area contributed by atoms with Gasteiger partial charge < -0.3 is 5.32 Å². The van der Waals surface area contributed by atoms with Crippen LogP contribution in [0, 0.1) is 24.1 Å². The van der Waals surface area contributed by atoms with Crippen LogP contribution in [0.25, 0.3) is 0 Å². The summed E-state index contributed by atoms with van der Waals surface area (Å²) in [5.41, 5.74) is 2.80. The summed E-state index contributed by atoms with van der Waals surface area (Å²) in [4.78, 5) is 0. The molecule has 1 aromatic carbocycles. The molecule has 1 N–H and O–H groups in total. The molecule has 1 fully saturated rings. The highest BCUT2D eigenvalue weighted by Crippen LogP contribution is 2.39. The van der Waals surface area contributed by atoms with Gasteiger partial charge in [-0.3, -0.25) is 0 Å². The van der Waals surface area contributed by atoms with Crippen LogP contribution in [0.15, 0.2) is 18.2 Å². The van der Waals surface area contributed by atoms with E-state index in [1.165, 1.54) is 37.7 Å². The van der Waals surface area contributed by atoms with Gasteiger partial charge in [0, 0.05) is 6.54 Å². The minimum atomic E-state index is -0.119. The average Bonchev–Trinajstić information content (AvgIpc) is 2.43. The molecule has 2 rings (SSSR count). The molecule has 0 aliphatic heterocycles. The lowest BCUT2D eigenvalue weighted by Crippen LogP contribution is -2.39. The van der Waals surface area contributed by atoms with Crippen LogP contribution in [-0.2, 0) is 6.42 Å². The van der Waals surface area contributed by atoms with Crippen LogP contribution in [0.2, 0.25) is 0 Å². The Morgan fingerprint density at radius 1 is 1.19 bits per heavy atom. The van der Waals surface area contributed by atoms with Crippen LogP contribution in [0.5, 0.6) is 0 Å². The maximum absolute atomic E-state index is 13.3. The van der Waals surface area contributed by atoms with Crippen molar-refractivity contribution in [3.8, 4) is 0 Å². The van der Waals surface area contributed by atoms with E-state index in [1.807, 2.05) is 13.0 Å². The summed E-state index contributed by atoms with van der Waals surface area (Å²) in [5, 5.41) is 3.67. The van der Waals surface area contributed by atoms with Gasteiger partial charge in [-0.2, -0.15) is 0 Å². The highest BCUT2D eigenvalue weighted by molar-refractivity contribution is 5.28. The van der Waals surface area contributed by atoms with Crippen LogP contribution in [-0.4, -0.2) is 13.1 Å². The predicted octanol–water partition coefficient (Wildman–Crippen LogP) is 4.87.